The van der Waals surface area contributed by atoms with E-state index in [0.29, 0.717) is 0 Å². The SMILES string of the molecule is CNCCCCCP. The van der Waals surface area contributed by atoms with Crippen LogP contribution < -0.4 is 5.32 Å². The Morgan fingerprint density at radius 3 is 2.50 bits per heavy atom. The molecule has 1 unspecified atom stereocenters. The van der Waals surface area contributed by atoms with Gasteiger partial charge in [0.15, 0.2) is 0 Å². The fourth-order valence-electron chi connectivity index (χ4n) is 0.623. The van der Waals surface area contributed by atoms with Gasteiger partial charge in [0.1, 0.15) is 0 Å². The average Bonchev–Trinajstić information content (AvgIpc) is 1.81. The first-order valence-electron chi connectivity index (χ1n) is 3.26. The molecule has 0 saturated heterocycles. The van der Waals surface area contributed by atoms with Gasteiger partial charge in [-0.2, -0.15) is 0 Å². The van der Waals surface area contributed by atoms with Gasteiger partial charge in [-0.05, 0) is 32.6 Å². The highest BCUT2D eigenvalue weighted by Gasteiger charge is 1.82. The van der Waals surface area contributed by atoms with E-state index in [1.165, 1.54) is 32.0 Å². The predicted molar refractivity (Wildman–Crippen MR) is 42.4 cm³/mol. The maximum Gasteiger partial charge on any atom is -0.00519 e. The van der Waals surface area contributed by atoms with E-state index >= 15 is 0 Å². The molecule has 0 heterocycles. The molecule has 0 amide bonds. The Kier molecular flexibility index (Phi) is 7.75. The van der Waals surface area contributed by atoms with E-state index in [9.17, 15) is 0 Å². The third-order valence-electron chi connectivity index (χ3n) is 1.13. The molecule has 1 N–H and O–H groups in total. The molecule has 0 aliphatic carbocycles. The molecule has 0 aromatic carbocycles. The highest BCUT2D eigenvalue weighted by Crippen LogP contribution is 1.96. The third kappa shape index (κ3) is 6.39. The van der Waals surface area contributed by atoms with E-state index in [1.54, 1.807) is 0 Å². The standard InChI is InChI=1S/C6H16NP/c1-7-5-3-2-4-6-8/h7H,2-6,8H2,1H3. The van der Waals surface area contributed by atoms with Gasteiger partial charge in [0.05, 0.1) is 0 Å². The van der Waals surface area contributed by atoms with Gasteiger partial charge in [0, 0.05) is 0 Å². The highest BCUT2D eigenvalue weighted by atomic mass is 31.0. The molecule has 50 valence electrons. The number of unbranched alkanes of at least 4 members (excludes halogenated alkanes) is 2. The van der Waals surface area contributed by atoms with Gasteiger partial charge in [-0.15, -0.1) is 9.24 Å². The van der Waals surface area contributed by atoms with E-state index in [4.69, 9.17) is 0 Å². The van der Waals surface area contributed by atoms with E-state index in [0.717, 1.165) is 0 Å². The van der Waals surface area contributed by atoms with Crippen LogP contribution in [0.2, 0.25) is 0 Å². The second-order valence-corrected chi connectivity index (χ2v) is 2.53. The number of nitrogens with one attached hydrogen (secondary N) is 1. The zero-order valence-electron chi connectivity index (χ0n) is 5.61. The van der Waals surface area contributed by atoms with Gasteiger partial charge in [-0.25, -0.2) is 0 Å². The Balaban J connectivity index is 2.53. The molecule has 1 atom stereocenters. The van der Waals surface area contributed by atoms with Gasteiger partial charge >= 0.3 is 0 Å². The van der Waals surface area contributed by atoms with Crippen molar-refractivity contribution < 1.29 is 0 Å². The molecule has 0 aliphatic heterocycles. The van der Waals surface area contributed by atoms with Crippen LogP contribution in [0, 0.1) is 0 Å². The van der Waals surface area contributed by atoms with Crippen molar-refractivity contribution in [3.05, 3.63) is 0 Å². The van der Waals surface area contributed by atoms with Crippen LogP contribution in [0.25, 0.3) is 0 Å². The molecule has 0 saturated carbocycles. The van der Waals surface area contributed by atoms with E-state index in [-0.39, 0.29) is 0 Å². The van der Waals surface area contributed by atoms with Crippen molar-refractivity contribution in [3.63, 3.8) is 0 Å². The normalized spacial score (nSPS) is 9.75. The second-order valence-electron chi connectivity index (χ2n) is 1.95. The summed E-state index contributed by atoms with van der Waals surface area (Å²) < 4.78 is 0. The first kappa shape index (κ1) is 8.39. The molecular weight excluding hydrogens is 117 g/mol. The van der Waals surface area contributed by atoms with Crippen molar-refractivity contribution in [2.75, 3.05) is 19.8 Å². The molecule has 0 aliphatic rings. The summed E-state index contributed by atoms with van der Waals surface area (Å²) in [6.07, 6.45) is 5.30. The fraction of sp³-hybridized carbons (Fsp3) is 1.00. The zero-order valence-corrected chi connectivity index (χ0v) is 6.77. The van der Waals surface area contributed by atoms with Crippen LogP contribution in [0.5, 0.6) is 0 Å². The van der Waals surface area contributed by atoms with E-state index in [1.807, 2.05) is 7.05 Å². The molecule has 0 rings (SSSR count). The fourth-order valence-corrected chi connectivity index (χ4v) is 0.912. The van der Waals surface area contributed by atoms with Gasteiger partial charge < -0.3 is 5.32 Å². The predicted octanol–water partition coefficient (Wildman–Crippen LogP) is 1.25. The minimum absolute atomic E-state index is 1.17. The molecule has 0 bridgehead atoms. The van der Waals surface area contributed by atoms with Gasteiger partial charge in [0.25, 0.3) is 0 Å². The minimum atomic E-state index is 1.17. The summed E-state index contributed by atoms with van der Waals surface area (Å²) in [7, 11) is 4.75. The van der Waals surface area contributed by atoms with Gasteiger partial charge in [-0.3, -0.25) is 0 Å². The summed E-state index contributed by atoms with van der Waals surface area (Å²) in [4.78, 5) is 0. The van der Waals surface area contributed by atoms with Crippen LogP contribution in [-0.4, -0.2) is 19.8 Å². The molecule has 1 nitrogen and oxygen atoms in total. The van der Waals surface area contributed by atoms with Crippen molar-refractivity contribution in [2.24, 2.45) is 0 Å². The summed E-state index contributed by atoms with van der Waals surface area (Å²) >= 11 is 0. The molecule has 0 aromatic rings. The van der Waals surface area contributed by atoms with E-state index < -0.39 is 0 Å². The van der Waals surface area contributed by atoms with Crippen LogP contribution in [0.3, 0.4) is 0 Å². The molecule has 0 spiro atoms. The zero-order chi connectivity index (χ0) is 6.24. The van der Waals surface area contributed by atoms with Gasteiger partial charge in [-0.1, -0.05) is 6.42 Å². The largest absolute Gasteiger partial charge is 0.320 e. The molecule has 8 heavy (non-hydrogen) atoms. The summed E-state index contributed by atoms with van der Waals surface area (Å²) in [6.45, 7) is 1.17. The van der Waals surface area contributed by atoms with Crippen molar-refractivity contribution >= 4 is 9.24 Å². The lowest BCUT2D eigenvalue weighted by molar-refractivity contribution is 0.670. The van der Waals surface area contributed by atoms with Crippen molar-refractivity contribution in [2.45, 2.75) is 19.3 Å². The Bertz CT molecular complexity index is 33.5. The molecule has 0 aromatic heterocycles. The first-order valence-corrected chi connectivity index (χ1v) is 4.08. The van der Waals surface area contributed by atoms with Crippen molar-refractivity contribution in [1.29, 1.82) is 0 Å². The van der Waals surface area contributed by atoms with E-state index in [2.05, 4.69) is 14.6 Å². The Morgan fingerprint density at radius 2 is 2.00 bits per heavy atom. The topological polar surface area (TPSA) is 12.0 Å². The van der Waals surface area contributed by atoms with Crippen molar-refractivity contribution in [1.82, 2.24) is 5.32 Å². The average molecular weight is 133 g/mol. The lowest BCUT2D eigenvalue weighted by atomic mass is 10.2. The van der Waals surface area contributed by atoms with Gasteiger partial charge in [0.2, 0.25) is 0 Å². The third-order valence-corrected chi connectivity index (χ3v) is 1.54. The van der Waals surface area contributed by atoms with Crippen LogP contribution in [0.15, 0.2) is 0 Å². The summed E-state index contributed by atoms with van der Waals surface area (Å²) in [5.74, 6) is 0. The first-order chi connectivity index (χ1) is 3.91. The summed E-state index contributed by atoms with van der Waals surface area (Å²) in [6, 6.07) is 0. The number of hydrogen-bond donors (Lipinski definition) is 1. The number of hydrogen-bond acceptors (Lipinski definition) is 1. The van der Waals surface area contributed by atoms with Crippen LogP contribution >= 0.6 is 9.24 Å². The molecule has 0 fully saturated rings. The highest BCUT2D eigenvalue weighted by molar-refractivity contribution is 7.16. The Hall–Kier alpha value is 0.390. The maximum atomic E-state index is 3.12. The summed E-state index contributed by atoms with van der Waals surface area (Å²) in [5, 5.41) is 3.12. The Labute approximate surface area is 54.4 Å². The Morgan fingerprint density at radius 1 is 1.25 bits per heavy atom. The molecule has 0 radical (unpaired) electrons. The van der Waals surface area contributed by atoms with Crippen LogP contribution in [-0.2, 0) is 0 Å². The molecular formula is C6H16NP. The molecule has 2 heteroatoms. The lowest BCUT2D eigenvalue weighted by Gasteiger charge is -1.95. The summed E-state index contributed by atoms with van der Waals surface area (Å²) in [5.41, 5.74) is 0. The lowest BCUT2D eigenvalue weighted by Crippen LogP contribution is -2.06. The number of rotatable bonds is 5. The quantitative estimate of drug-likeness (QED) is 0.439. The van der Waals surface area contributed by atoms with Crippen LogP contribution in [0.1, 0.15) is 19.3 Å². The smallest absolute Gasteiger partial charge is 0.00519 e. The maximum absolute atomic E-state index is 3.12. The second kappa shape index (κ2) is 7.39. The minimum Gasteiger partial charge on any atom is -0.320 e. The monoisotopic (exact) mass is 133 g/mol. The van der Waals surface area contributed by atoms with Crippen molar-refractivity contribution in [3.8, 4) is 0 Å². The van der Waals surface area contributed by atoms with Crippen LogP contribution in [0.4, 0.5) is 0 Å².